The number of carbonyl (C=O) groups is 1. The van der Waals surface area contributed by atoms with Gasteiger partial charge < -0.3 is 9.80 Å². The molecule has 1 amide bonds. The van der Waals surface area contributed by atoms with E-state index in [1.54, 1.807) is 15.8 Å². The number of carbonyl (C=O) groups excluding carboxylic acids is 1. The van der Waals surface area contributed by atoms with Crippen molar-refractivity contribution in [3.63, 3.8) is 0 Å². The quantitative estimate of drug-likeness (QED) is 0.849. The SMILES string of the molecule is CCN(Cc1ccc(N(C)C)cc1)C(=O)c1cscn1. The fourth-order valence-electron chi connectivity index (χ4n) is 1.93. The van der Waals surface area contributed by atoms with Crippen molar-refractivity contribution in [2.75, 3.05) is 25.5 Å². The average Bonchev–Trinajstić information content (AvgIpc) is 2.98. The second kappa shape index (κ2) is 6.52. The summed E-state index contributed by atoms with van der Waals surface area (Å²) < 4.78 is 0. The Balaban J connectivity index is 2.08. The van der Waals surface area contributed by atoms with Crippen LogP contribution in [0.25, 0.3) is 0 Å². The van der Waals surface area contributed by atoms with E-state index in [4.69, 9.17) is 0 Å². The van der Waals surface area contributed by atoms with E-state index in [1.807, 2.05) is 21.0 Å². The van der Waals surface area contributed by atoms with E-state index >= 15 is 0 Å². The van der Waals surface area contributed by atoms with Gasteiger partial charge in [-0.1, -0.05) is 12.1 Å². The highest BCUT2D eigenvalue weighted by molar-refractivity contribution is 7.07. The van der Waals surface area contributed by atoms with Gasteiger partial charge in [0.05, 0.1) is 5.51 Å². The van der Waals surface area contributed by atoms with Crippen molar-refractivity contribution in [1.29, 1.82) is 0 Å². The summed E-state index contributed by atoms with van der Waals surface area (Å²) in [7, 11) is 4.03. The van der Waals surface area contributed by atoms with Gasteiger partial charge in [-0.3, -0.25) is 4.79 Å². The van der Waals surface area contributed by atoms with Crippen molar-refractivity contribution in [2.45, 2.75) is 13.5 Å². The predicted octanol–water partition coefficient (Wildman–Crippen LogP) is 2.87. The Morgan fingerprint density at radius 1 is 1.25 bits per heavy atom. The molecular weight excluding hydrogens is 270 g/mol. The third-order valence-corrected chi connectivity index (χ3v) is 3.73. The maximum atomic E-state index is 12.3. The molecule has 0 bridgehead atoms. The van der Waals surface area contributed by atoms with E-state index in [1.165, 1.54) is 11.3 Å². The molecule has 2 rings (SSSR count). The van der Waals surface area contributed by atoms with E-state index in [2.05, 4.69) is 34.1 Å². The summed E-state index contributed by atoms with van der Waals surface area (Å²) in [5, 5.41) is 1.79. The molecule has 4 nitrogen and oxygen atoms in total. The lowest BCUT2D eigenvalue weighted by Crippen LogP contribution is -2.30. The molecule has 0 aliphatic carbocycles. The Kier molecular flexibility index (Phi) is 4.74. The molecule has 106 valence electrons. The summed E-state index contributed by atoms with van der Waals surface area (Å²) in [4.78, 5) is 20.2. The fraction of sp³-hybridized carbons (Fsp3) is 0.333. The van der Waals surface area contributed by atoms with Gasteiger partial charge in [-0.25, -0.2) is 4.98 Å². The smallest absolute Gasteiger partial charge is 0.273 e. The molecule has 1 heterocycles. The fourth-order valence-corrected chi connectivity index (χ4v) is 2.45. The van der Waals surface area contributed by atoms with Crippen molar-refractivity contribution in [3.05, 3.63) is 46.4 Å². The molecule has 0 saturated heterocycles. The first-order chi connectivity index (χ1) is 9.61. The molecule has 2 aromatic rings. The van der Waals surface area contributed by atoms with E-state index in [0.717, 1.165) is 11.3 Å². The average molecular weight is 289 g/mol. The summed E-state index contributed by atoms with van der Waals surface area (Å²) in [6, 6.07) is 8.26. The second-order valence-electron chi connectivity index (χ2n) is 4.75. The molecule has 0 spiro atoms. The third kappa shape index (κ3) is 3.36. The highest BCUT2D eigenvalue weighted by Gasteiger charge is 2.16. The Morgan fingerprint density at radius 2 is 1.95 bits per heavy atom. The number of benzene rings is 1. The van der Waals surface area contributed by atoms with Crippen molar-refractivity contribution < 1.29 is 4.79 Å². The zero-order valence-corrected chi connectivity index (χ0v) is 12.9. The van der Waals surface area contributed by atoms with Gasteiger partial charge in [-0.05, 0) is 24.6 Å². The molecule has 0 saturated carbocycles. The molecule has 0 aliphatic rings. The number of thiazole rings is 1. The molecule has 5 heteroatoms. The first kappa shape index (κ1) is 14.5. The van der Waals surface area contributed by atoms with Gasteiger partial charge in [0.15, 0.2) is 0 Å². The lowest BCUT2D eigenvalue weighted by molar-refractivity contribution is 0.0747. The van der Waals surface area contributed by atoms with Crippen LogP contribution in [0.5, 0.6) is 0 Å². The summed E-state index contributed by atoms with van der Waals surface area (Å²) in [5.74, 6) is -0.00886. The second-order valence-corrected chi connectivity index (χ2v) is 5.47. The van der Waals surface area contributed by atoms with Crippen molar-refractivity contribution in [1.82, 2.24) is 9.88 Å². The van der Waals surface area contributed by atoms with Gasteiger partial charge in [0.25, 0.3) is 5.91 Å². The molecule has 0 radical (unpaired) electrons. The molecule has 0 fully saturated rings. The number of nitrogens with zero attached hydrogens (tertiary/aromatic N) is 3. The van der Waals surface area contributed by atoms with Crippen LogP contribution in [0.4, 0.5) is 5.69 Å². The zero-order chi connectivity index (χ0) is 14.5. The van der Waals surface area contributed by atoms with E-state index in [0.29, 0.717) is 18.8 Å². The summed E-state index contributed by atoms with van der Waals surface area (Å²) >= 11 is 1.44. The Labute approximate surface area is 123 Å². The van der Waals surface area contributed by atoms with Crippen LogP contribution < -0.4 is 4.90 Å². The molecule has 1 aromatic heterocycles. The number of hydrogen-bond acceptors (Lipinski definition) is 4. The zero-order valence-electron chi connectivity index (χ0n) is 12.0. The van der Waals surface area contributed by atoms with Crippen molar-refractivity contribution >= 4 is 22.9 Å². The Bertz CT molecular complexity index is 549. The predicted molar refractivity (Wildman–Crippen MR) is 83.3 cm³/mol. The molecular formula is C15H19N3OS. The molecule has 0 aliphatic heterocycles. The van der Waals surface area contributed by atoms with Gasteiger partial charge in [0, 0.05) is 38.3 Å². The van der Waals surface area contributed by atoms with Gasteiger partial charge >= 0.3 is 0 Å². The van der Waals surface area contributed by atoms with Crippen LogP contribution in [0.15, 0.2) is 35.2 Å². The minimum absolute atomic E-state index is 0.00886. The van der Waals surface area contributed by atoms with Crippen LogP contribution in [0.2, 0.25) is 0 Å². The van der Waals surface area contributed by atoms with Crippen molar-refractivity contribution in [3.8, 4) is 0 Å². The number of hydrogen-bond donors (Lipinski definition) is 0. The maximum absolute atomic E-state index is 12.3. The van der Waals surface area contributed by atoms with Gasteiger partial charge in [-0.15, -0.1) is 11.3 Å². The van der Waals surface area contributed by atoms with Gasteiger partial charge in [-0.2, -0.15) is 0 Å². The minimum Gasteiger partial charge on any atom is -0.378 e. The van der Waals surface area contributed by atoms with E-state index < -0.39 is 0 Å². The molecule has 0 N–H and O–H groups in total. The number of aromatic nitrogens is 1. The third-order valence-electron chi connectivity index (χ3n) is 3.15. The number of rotatable bonds is 5. The highest BCUT2D eigenvalue weighted by Crippen LogP contribution is 2.15. The summed E-state index contributed by atoms with van der Waals surface area (Å²) in [6.45, 7) is 3.27. The van der Waals surface area contributed by atoms with E-state index in [9.17, 15) is 4.79 Å². The van der Waals surface area contributed by atoms with Crippen LogP contribution in [-0.4, -0.2) is 36.4 Å². The lowest BCUT2D eigenvalue weighted by Gasteiger charge is -2.20. The summed E-state index contributed by atoms with van der Waals surface area (Å²) in [5.41, 5.74) is 4.50. The topological polar surface area (TPSA) is 36.4 Å². The molecule has 0 atom stereocenters. The number of amides is 1. The molecule has 20 heavy (non-hydrogen) atoms. The molecule has 1 aromatic carbocycles. The number of anilines is 1. The van der Waals surface area contributed by atoms with Crippen LogP contribution in [-0.2, 0) is 6.54 Å². The van der Waals surface area contributed by atoms with Crippen LogP contribution in [0.3, 0.4) is 0 Å². The van der Waals surface area contributed by atoms with Crippen LogP contribution in [0, 0.1) is 0 Å². The van der Waals surface area contributed by atoms with Crippen LogP contribution >= 0.6 is 11.3 Å². The summed E-state index contributed by atoms with van der Waals surface area (Å²) in [6.07, 6.45) is 0. The van der Waals surface area contributed by atoms with Gasteiger partial charge in [0.2, 0.25) is 0 Å². The first-order valence-electron chi connectivity index (χ1n) is 6.55. The lowest BCUT2D eigenvalue weighted by atomic mass is 10.2. The Morgan fingerprint density at radius 3 is 2.45 bits per heavy atom. The standard InChI is InChI=1S/C15H19N3OS/c1-4-18(15(19)14-10-20-11-16-14)9-12-5-7-13(8-6-12)17(2)3/h5-8,10-11H,4,9H2,1-3H3. The maximum Gasteiger partial charge on any atom is 0.273 e. The minimum atomic E-state index is -0.00886. The largest absolute Gasteiger partial charge is 0.378 e. The van der Waals surface area contributed by atoms with Gasteiger partial charge in [0.1, 0.15) is 5.69 Å². The van der Waals surface area contributed by atoms with Crippen LogP contribution in [0.1, 0.15) is 23.0 Å². The highest BCUT2D eigenvalue weighted by atomic mass is 32.1. The first-order valence-corrected chi connectivity index (χ1v) is 7.49. The molecule has 0 unspecified atom stereocenters. The monoisotopic (exact) mass is 289 g/mol. The van der Waals surface area contributed by atoms with E-state index in [-0.39, 0.29) is 5.91 Å². The normalized spacial score (nSPS) is 10.3. The Hall–Kier alpha value is -1.88. The van der Waals surface area contributed by atoms with Crippen molar-refractivity contribution in [2.24, 2.45) is 0 Å².